The summed E-state index contributed by atoms with van der Waals surface area (Å²) in [5, 5.41) is 0.331. The molecular formula is C19H40O4Si2. The lowest BCUT2D eigenvalue weighted by atomic mass is 10.1. The van der Waals surface area contributed by atoms with Gasteiger partial charge in [0.2, 0.25) is 0 Å². The molecule has 0 bridgehead atoms. The fourth-order valence-corrected chi connectivity index (χ4v) is 4.30. The highest BCUT2D eigenvalue weighted by molar-refractivity contribution is 6.74. The lowest BCUT2D eigenvalue weighted by Crippen LogP contribution is -2.51. The highest BCUT2D eigenvalue weighted by atomic mass is 28.4. The largest absolute Gasteiger partial charge is 0.414 e. The molecular weight excluding hydrogens is 348 g/mol. The minimum atomic E-state index is -1.89. The van der Waals surface area contributed by atoms with E-state index >= 15 is 0 Å². The first-order valence-corrected chi connectivity index (χ1v) is 15.1. The van der Waals surface area contributed by atoms with E-state index in [9.17, 15) is 0 Å². The predicted octanol–water partition coefficient (Wildman–Crippen LogP) is 5.33. The summed E-state index contributed by atoms with van der Waals surface area (Å²) < 4.78 is 24.5. The Morgan fingerprint density at radius 3 is 1.84 bits per heavy atom. The van der Waals surface area contributed by atoms with Crippen molar-refractivity contribution in [1.29, 1.82) is 0 Å². The van der Waals surface area contributed by atoms with Gasteiger partial charge in [0.05, 0.1) is 12.7 Å². The lowest BCUT2D eigenvalue weighted by Gasteiger charge is -2.43. The van der Waals surface area contributed by atoms with Crippen LogP contribution in [-0.2, 0) is 18.3 Å². The maximum atomic E-state index is 6.61. The summed E-state index contributed by atoms with van der Waals surface area (Å²) in [6.07, 6.45) is 3.49. The van der Waals surface area contributed by atoms with Crippen LogP contribution in [0.25, 0.3) is 0 Å². The molecule has 0 N–H and O–H groups in total. The SMILES string of the molecule is CO[C@@H]1C=C[C@@H](O[Si](C)(C)C(C)(C)C)[C@@H](CO[Si](C)(C)C(C)(C)C)O1. The highest BCUT2D eigenvalue weighted by Gasteiger charge is 2.43. The zero-order valence-electron chi connectivity index (χ0n) is 18.2. The van der Waals surface area contributed by atoms with Crippen LogP contribution in [0.1, 0.15) is 41.5 Å². The molecule has 1 aliphatic rings. The van der Waals surface area contributed by atoms with Crippen LogP contribution in [-0.4, -0.2) is 48.8 Å². The summed E-state index contributed by atoms with van der Waals surface area (Å²) in [5.41, 5.74) is 0. The first-order chi connectivity index (χ1) is 11.1. The van der Waals surface area contributed by atoms with E-state index in [1.54, 1.807) is 7.11 Å². The Balaban J connectivity index is 2.90. The Labute approximate surface area is 157 Å². The first kappa shape index (κ1) is 23.1. The smallest absolute Gasteiger partial charge is 0.193 e. The maximum Gasteiger partial charge on any atom is 0.193 e. The molecule has 25 heavy (non-hydrogen) atoms. The summed E-state index contributed by atoms with van der Waals surface area (Å²) in [5.74, 6) is 0. The van der Waals surface area contributed by atoms with Crippen LogP contribution in [0.4, 0.5) is 0 Å². The second-order valence-corrected chi connectivity index (χ2v) is 19.6. The first-order valence-electron chi connectivity index (χ1n) is 9.29. The van der Waals surface area contributed by atoms with E-state index in [2.05, 4.69) is 73.8 Å². The lowest BCUT2D eigenvalue weighted by molar-refractivity contribution is -0.164. The normalized spacial score (nSPS) is 26.1. The average Bonchev–Trinajstić information content (AvgIpc) is 2.43. The van der Waals surface area contributed by atoms with Gasteiger partial charge in [-0.05, 0) is 42.3 Å². The minimum absolute atomic E-state index is 0.0861. The summed E-state index contributed by atoms with van der Waals surface area (Å²) in [6.45, 7) is 23.1. The van der Waals surface area contributed by atoms with E-state index in [0.717, 1.165) is 0 Å². The fourth-order valence-electron chi connectivity index (χ4n) is 2.03. The second kappa shape index (κ2) is 7.94. The summed E-state index contributed by atoms with van der Waals surface area (Å²) in [4.78, 5) is 0. The predicted molar refractivity (Wildman–Crippen MR) is 110 cm³/mol. The second-order valence-electron chi connectivity index (χ2n) is 10.1. The third kappa shape index (κ3) is 6.01. The van der Waals surface area contributed by atoms with Gasteiger partial charge in [0.25, 0.3) is 0 Å². The van der Waals surface area contributed by atoms with Crippen molar-refractivity contribution in [3.8, 4) is 0 Å². The molecule has 0 saturated heterocycles. The number of ether oxygens (including phenoxy) is 2. The van der Waals surface area contributed by atoms with E-state index in [1.807, 2.05) is 6.08 Å². The van der Waals surface area contributed by atoms with Gasteiger partial charge in [-0.3, -0.25) is 0 Å². The number of methoxy groups -OCH3 is 1. The van der Waals surface area contributed by atoms with E-state index in [0.29, 0.717) is 6.61 Å². The molecule has 0 aromatic carbocycles. The molecule has 0 spiro atoms. The van der Waals surface area contributed by atoms with Gasteiger partial charge in [0.15, 0.2) is 22.9 Å². The van der Waals surface area contributed by atoms with E-state index in [4.69, 9.17) is 18.3 Å². The van der Waals surface area contributed by atoms with Gasteiger partial charge < -0.3 is 18.3 Å². The number of hydrogen-bond acceptors (Lipinski definition) is 4. The van der Waals surface area contributed by atoms with Crippen molar-refractivity contribution in [1.82, 2.24) is 0 Å². The maximum absolute atomic E-state index is 6.61. The molecule has 6 heteroatoms. The number of hydrogen-bond donors (Lipinski definition) is 0. The third-order valence-corrected chi connectivity index (χ3v) is 15.0. The summed E-state index contributed by atoms with van der Waals surface area (Å²) >= 11 is 0. The van der Waals surface area contributed by atoms with Crippen LogP contribution >= 0.6 is 0 Å². The van der Waals surface area contributed by atoms with Crippen LogP contribution in [0.15, 0.2) is 12.2 Å². The summed E-state index contributed by atoms with van der Waals surface area (Å²) in [7, 11) is -2.07. The summed E-state index contributed by atoms with van der Waals surface area (Å²) in [6, 6.07) is 0. The molecule has 0 unspecified atom stereocenters. The standard InChI is InChI=1S/C19H40O4Si2/c1-18(2,3)24(8,9)21-14-16-15(12-13-17(20-7)22-16)23-25(10,11)19(4,5)6/h12-13,15-17H,14H2,1-11H3/t15-,16-,17+/m1/s1. The molecule has 0 saturated carbocycles. The number of rotatable bonds is 6. The van der Waals surface area contributed by atoms with Crippen molar-refractivity contribution < 1.29 is 18.3 Å². The van der Waals surface area contributed by atoms with Gasteiger partial charge >= 0.3 is 0 Å². The molecule has 148 valence electrons. The van der Waals surface area contributed by atoms with Crippen molar-refractivity contribution in [3.05, 3.63) is 12.2 Å². The Bertz CT molecular complexity index is 461. The van der Waals surface area contributed by atoms with E-state index in [-0.39, 0.29) is 28.6 Å². The van der Waals surface area contributed by atoms with Gasteiger partial charge in [-0.15, -0.1) is 0 Å². The van der Waals surface area contributed by atoms with Crippen molar-refractivity contribution in [2.24, 2.45) is 0 Å². The molecule has 1 aliphatic heterocycles. The fraction of sp³-hybridized carbons (Fsp3) is 0.895. The molecule has 0 aromatic heterocycles. The Kier molecular flexibility index (Phi) is 7.33. The molecule has 0 aromatic rings. The topological polar surface area (TPSA) is 36.9 Å². The van der Waals surface area contributed by atoms with Crippen molar-refractivity contribution in [2.45, 2.75) is 96.3 Å². The van der Waals surface area contributed by atoms with Crippen LogP contribution in [0.5, 0.6) is 0 Å². The molecule has 0 aliphatic carbocycles. The van der Waals surface area contributed by atoms with Crippen LogP contribution in [0, 0.1) is 0 Å². The van der Waals surface area contributed by atoms with Crippen LogP contribution in [0.3, 0.4) is 0 Å². The molecule has 0 fully saturated rings. The quantitative estimate of drug-likeness (QED) is 0.455. The van der Waals surface area contributed by atoms with E-state index in [1.165, 1.54) is 0 Å². The van der Waals surface area contributed by atoms with Crippen molar-refractivity contribution in [2.75, 3.05) is 13.7 Å². The molecule has 1 heterocycles. The van der Waals surface area contributed by atoms with Gasteiger partial charge in [0, 0.05) is 7.11 Å². The van der Waals surface area contributed by atoms with Gasteiger partial charge in [-0.1, -0.05) is 47.6 Å². The Morgan fingerprint density at radius 2 is 1.40 bits per heavy atom. The Morgan fingerprint density at radius 1 is 0.880 bits per heavy atom. The zero-order valence-corrected chi connectivity index (χ0v) is 20.2. The van der Waals surface area contributed by atoms with Crippen molar-refractivity contribution >= 4 is 16.6 Å². The van der Waals surface area contributed by atoms with Crippen LogP contribution in [0.2, 0.25) is 36.3 Å². The van der Waals surface area contributed by atoms with Gasteiger partial charge in [-0.25, -0.2) is 0 Å². The Hall–Kier alpha value is 0.0138. The van der Waals surface area contributed by atoms with Gasteiger partial charge in [-0.2, -0.15) is 0 Å². The molecule has 1 rings (SSSR count). The van der Waals surface area contributed by atoms with Crippen LogP contribution < -0.4 is 0 Å². The zero-order chi connectivity index (χ0) is 19.7. The molecule has 0 amide bonds. The van der Waals surface area contributed by atoms with Crippen molar-refractivity contribution in [3.63, 3.8) is 0 Å². The molecule has 4 nitrogen and oxygen atoms in total. The highest BCUT2D eigenvalue weighted by Crippen LogP contribution is 2.39. The molecule has 0 radical (unpaired) electrons. The monoisotopic (exact) mass is 388 g/mol. The minimum Gasteiger partial charge on any atom is -0.414 e. The molecule has 3 atom stereocenters. The van der Waals surface area contributed by atoms with E-state index < -0.39 is 16.6 Å². The average molecular weight is 389 g/mol. The van der Waals surface area contributed by atoms with Gasteiger partial charge in [0.1, 0.15) is 6.10 Å². The third-order valence-electron chi connectivity index (χ3n) is 6.02.